The molecule has 5 rings (SSSR count). The zero-order valence-corrected chi connectivity index (χ0v) is 21.1. The third-order valence-corrected chi connectivity index (χ3v) is 6.84. The molecule has 2 nitrogen and oxygen atoms in total. The van der Waals surface area contributed by atoms with Crippen LogP contribution in [-0.2, 0) is 0 Å². The van der Waals surface area contributed by atoms with E-state index in [4.69, 9.17) is 0 Å². The Morgan fingerprint density at radius 2 is 0.800 bits per heavy atom. The summed E-state index contributed by atoms with van der Waals surface area (Å²) < 4.78 is 0. The van der Waals surface area contributed by atoms with E-state index in [2.05, 4.69) is 147 Å². The minimum atomic E-state index is 0.431. The molecule has 0 aliphatic carbocycles. The molecule has 0 radical (unpaired) electrons. The summed E-state index contributed by atoms with van der Waals surface area (Å²) in [5.41, 5.74) is 10.3. The lowest BCUT2D eigenvalue weighted by Crippen LogP contribution is -2.28. The lowest BCUT2D eigenvalue weighted by molar-refractivity contribution is 0.844. The maximum absolute atomic E-state index is 2.52. The molecule has 0 unspecified atom stereocenters. The fourth-order valence-corrected chi connectivity index (χ4v) is 5.15. The van der Waals surface area contributed by atoms with E-state index in [0.29, 0.717) is 11.8 Å². The monoisotopic (exact) mass is 458 g/mol. The van der Waals surface area contributed by atoms with Gasteiger partial charge >= 0.3 is 0 Å². The number of nitrogens with zero attached hydrogens (tertiary/aromatic N) is 2. The van der Waals surface area contributed by atoms with Gasteiger partial charge in [0.2, 0.25) is 0 Å². The Hall–Kier alpha value is -3.78. The van der Waals surface area contributed by atoms with Crippen molar-refractivity contribution in [3.05, 3.63) is 131 Å². The SMILES string of the molecule is CC(C)c1ccccc1N1CN(c2ccccc2C(C)C)C(c2ccccc2)=C1c1ccccc1. The second-order valence-electron chi connectivity index (χ2n) is 9.85. The second-order valence-corrected chi connectivity index (χ2v) is 9.85. The molecule has 4 aromatic carbocycles. The van der Waals surface area contributed by atoms with Gasteiger partial charge in [-0.05, 0) is 35.1 Å². The molecule has 0 saturated carbocycles. The van der Waals surface area contributed by atoms with Crippen LogP contribution in [0.2, 0.25) is 0 Å². The fourth-order valence-electron chi connectivity index (χ4n) is 5.15. The highest BCUT2D eigenvalue weighted by Gasteiger charge is 2.34. The van der Waals surface area contributed by atoms with Crippen LogP contribution >= 0.6 is 0 Å². The normalized spacial score (nSPS) is 13.9. The molecule has 0 aromatic heterocycles. The Balaban J connectivity index is 1.82. The van der Waals surface area contributed by atoms with Gasteiger partial charge in [-0.1, -0.05) is 125 Å². The number of para-hydroxylation sites is 2. The molecule has 0 spiro atoms. The van der Waals surface area contributed by atoms with Crippen molar-refractivity contribution < 1.29 is 0 Å². The predicted octanol–water partition coefficient (Wildman–Crippen LogP) is 8.74. The molecule has 4 aromatic rings. The van der Waals surface area contributed by atoms with Gasteiger partial charge in [-0.3, -0.25) is 0 Å². The van der Waals surface area contributed by atoms with Crippen molar-refractivity contribution in [2.75, 3.05) is 16.5 Å². The first kappa shape index (κ1) is 23.0. The Labute approximate surface area is 210 Å². The van der Waals surface area contributed by atoms with Gasteiger partial charge in [0.25, 0.3) is 0 Å². The molecule has 0 saturated heterocycles. The van der Waals surface area contributed by atoms with Crippen LogP contribution in [0.4, 0.5) is 11.4 Å². The van der Waals surface area contributed by atoms with E-state index in [1.165, 1.54) is 45.0 Å². The predicted molar refractivity (Wildman–Crippen MR) is 151 cm³/mol. The molecule has 0 N–H and O–H groups in total. The zero-order chi connectivity index (χ0) is 24.4. The number of rotatable bonds is 6. The van der Waals surface area contributed by atoms with Crippen molar-refractivity contribution in [1.29, 1.82) is 0 Å². The van der Waals surface area contributed by atoms with E-state index in [-0.39, 0.29) is 0 Å². The standard InChI is InChI=1S/C33H34N2/c1-24(2)28-19-11-13-21-30(28)34-23-35(31-22-14-12-20-29(31)25(3)4)33(27-17-9-6-10-18-27)32(34)26-15-7-5-8-16-26/h5-22,24-25H,23H2,1-4H3. The van der Waals surface area contributed by atoms with E-state index in [1.807, 2.05) is 0 Å². The van der Waals surface area contributed by atoms with Crippen molar-refractivity contribution in [2.45, 2.75) is 39.5 Å². The minimum absolute atomic E-state index is 0.431. The van der Waals surface area contributed by atoms with Gasteiger partial charge in [-0.15, -0.1) is 0 Å². The Morgan fingerprint density at radius 3 is 1.17 bits per heavy atom. The molecule has 1 aliphatic heterocycles. The molecule has 176 valence electrons. The summed E-state index contributed by atoms with van der Waals surface area (Å²) in [6.07, 6.45) is 0. The van der Waals surface area contributed by atoms with Crippen LogP contribution in [0.15, 0.2) is 109 Å². The van der Waals surface area contributed by atoms with Gasteiger partial charge < -0.3 is 9.80 Å². The van der Waals surface area contributed by atoms with Crippen LogP contribution in [0.5, 0.6) is 0 Å². The van der Waals surface area contributed by atoms with Gasteiger partial charge in [0.1, 0.15) is 6.67 Å². The molecule has 0 amide bonds. The van der Waals surface area contributed by atoms with Crippen molar-refractivity contribution in [1.82, 2.24) is 0 Å². The maximum atomic E-state index is 2.52. The molecule has 0 bridgehead atoms. The van der Waals surface area contributed by atoms with Crippen LogP contribution in [0, 0.1) is 0 Å². The van der Waals surface area contributed by atoms with Crippen molar-refractivity contribution in [2.24, 2.45) is 0 Å². The van der Waals surface area contributed by atoms with E-state index in [0.717, 1.165) is 6.67 Å². The van der Waals surface area contributed by atoms with Gasteiger partial charge in [0, 0.05) is 22.5 Å². The first-order valence-corrected chi connectivity index (χ1v) is 12.6. The van der Waals surface area contributed by atoms with E-state index in [9.17, 15) is 0 Å². The molecule has 2 heteroatoms. The van der Waals surface area contributed by atoms with Gasteiger partial charge in [0.15, 0.2) is 0 Å². The molecule has 0 atom stereocenters. The molecule has 1 heterocycles. The fraction of sp³-hybridized carbons (Fsp3) is 0.212. The quantitative estimate of drug-likeness (QED) is 0.285. The van der Waals surface area contributed by atoms with E-state index in [1.54, 1.807) is 0 Å². The summed E-state index contributed by atoms with van der Waals surface area (Å²) >= 11 is 0. The highest BCUT2D eigenvalue weighted by Crippen LogP contribution is 2.46. The van der Waals surface area contributed by atoms with Crippen molar-refractivity contribution in [3.8, 4) is 0 Å². The molecular formula is C33H34N2. The van der Waals surface area contributed by atoms with Crippen molar-refractivity contribution in [3.63, 3.8) is 0 Å². The Kier molecular flexibility index (Phi) is 6.46. The summed E-state index contributed by atoms with van der Waals surface area (Å²) in [6, 6.07) is 39.4. The lowest BCUT2D eigenvalue weighted by Gasteiger charge is -2.29. The van der Waals surface area contributed by atoms with E-state index < -0.39 is 0 Å². The number of anilines is 2. The summed E-state index contributed by atoms with van der Waals surface area (Å²) in [6.45, 7) is 9.90. The average Bonchev–Trinajstić information content (AvgIpc) is 3.30. The third-order valence-electron chi connectivity index (χ3n) is 6.84. The second kappa shape index (κ2) is 9.84. The van der Waals surface area contributed by atoms with Gasteiger partial charge in [-0.2, -0.15) is 0 Å². The summed E-state index contributed by atoms with van der Waals surface area (Å²) in [7, 11) is 0. The van der Waals surface area contributed by atoms with Crippen LogP contribution < -0.4 is 9.80 Å². The molecule has 35 heavy (non-hydrogen) atoms. The Morgan fingerprint density at radius 1 is 0.457 bits per heavy atom. The van der Waals surface area contributed by atoms with Crippen LogP contribution in [-0.4, -0.2) is 6.67 Å². The van der Waals surface area contributed by atoms with Crippen LogP contribution in [0.3, 0.4) is 0 Å². The van der Waals surface area contributed by atoms with Gasteiger partial charge in [0.05, 0.1) is 11.4 Å². The van der Waals surface area contributed by atoms with Crippen molar-refractivity contribution >= 4 is 22.8 Å². The Bertz CT molecular complexity index is 1220. The highest BCUT2D eigenvalue weighted by molar-refractivity contribution is 6.06. The third kappa shape index (κ3) is 4.37. The zero-order valence-electron chi connectivity index (χ0n) is 21.1. The maximum Gasteiger partial charge on any atom is 0.100 e. The van der Waals surface area contributed by atoms with Crippen LogP contribution in [0.25, 0.3) is 11.4 Å². The molecule has 1 aliphatic rings. The topological polar surface area (TPSA) is 6.48 Å². The van der Waals surface area contributed by atoms with Gasteiger partial charge in [-0.25, -0.2) is 0 Å². The molecular weight excluding hydrogens is 424 g/mol. The number of benzene rings is 4. The summed E-state index contributed by atoms with van der Waals surface area (Å²) in [5, 5.41) is 0. The first-order valence-electron chi connectivity index (χ1n) is 12.6. The smallest absolute Gasteiger partial charge is 0.100 e. The molecule has 0 fully saturated rings. The lowest BCUT2D eigenvalue weighted by atomic mass is 9.98. The first-order chi connectivity index (χ1) is 17.1. The summed E-state index contributed by atoms with van der Waals surface area (Å²) in [5.74, 6) is 0.862. The highest BCUT2D eigenvalue weighted by atomic mass is 15.4. The minimum Gasteiger partial charge on any atom is -0.320 e. The largest absolute Gasteiger partial charge is 0.320 e. The number of hydrogen-bond acceptors (Lipinski definition) is 2. The number of hydrogen-bond donors (Lipinski definition) is 0. The van der Waals surface area contributed by atoms with E-state index >= 15 is 0 Å². The van der Waals surface area contributed by atoms with Crippen LogP contribution in [0.1, 0.15) is 61.8 Å². The summed E-state index contributed by atoms with van der Waals surface area (Å²) in [4.78, 5) is 5.04. The average molecular weight is 459 g/mol.